The standard InChI is InChI=1S/C16H21NO.H2/c1-4-7-14-8-5-9-15(12-14)10-6-11-17-16(18)13(2)3;/h5,8-9,12-13H,4,7,11H2,1-3H3,(H,17,18);1H. The summed E-state index contributed by atoms with van der Waals surface area (Å²) >= 11 is 0. The molecule has 0 aliphatic rings. The van der Waals surface area contributed by atoms with Crippen molar-refractivity contribution in [3.8, 4) is 11.8 Å². The maximum absolute atomic E-state index is 11.3. The average Bonchev–Trinajstić information content (AvgIpc) is 2.35. The van der Waals surface area contributed by atoms with E-state index in [9.17, 15) is 4.79 Å². The van der Waals surface area contributed by atoms with Gasteiger partial charge in [-0.3, -0.25) is 4.79 Å². The van der Waals surface area contributed by atoms with E-state index in [0.29, 0.717) is 6.54 Å². The van der Waals surface area contributed by atoms with Gasteiger partial charge in [0.25, 0.3) is 0 Å². The van der Waals surface area contributed by atoms with Gasteiger partial charge >= 0.3 is 0 Å². The highest BCUT2D eigenvalue weighted by Crippen LogP contribution is 2.06. The minimum atomic E-state index is 0. The van der Waals surface area contributed by atoms with E-state index >= 15 is 0 Å². The summed E-state index contributed by atoms with van der Waals surface area (Å²) in [7, 11) is 0. The molecular weight excluding hydrogens is 222 g/mol. The Bertz CT molecular complexity index is 457. The number of nitrogens with one attached hydrogen (secondary N) is 1. The summed E-state index contributed by atoms with van der Waals surface area (Å²) in [6.45, 7) is 6.32. The van der Waals surface area contributed by atoms with Crippen molar-refractivity contribution in [1.82, 2.24) is 5.32 Å². The molecule has 0 radical (unpaired) electrons. The Kier molecular flexibility index (Phi) is 6.00. The first-order valence-corrected chi connectivity index (χ1v) is 6.49. The zero-order valence-corrected chi connectivity index (χ0v) is 11.4. The molecule has 1 amide bonds. The zero-order valence-electron chi connectivity index (χ0n) is 11.4. The lowest BCUT2D eigenvalue weighted by molar-refractivity contribution is -0.123. The van der Waals surface area contributed by atoms with Crippen LogP contribution in [0.3, 0.4) is 0 Å². The van der Waals surface area contributed by atoms with E-state index in [1.807, 2.05) is 26.0 Å². The van der Waals surface area contributed by atoms with Crippen molar-refractivity contribution in [2.24, 2.45) is 5.92 Å². The maximum atomic E-state index is 11.3. The largest absolute Gasteiger partial charge is 0.345 e. The van der Waals surface area contributed by atoms with Gasteiger partial charge < -0.3 is 5.32 Å². The van der Waals surface area contributed by atoms with E-state index in [0.717, 1.165) is 18.4 Å². The van der Waals surface area contributed by atoms with Gasteiger partial charge in [0.05, 0.1) is 6.54 Å². The summed E-state index contributed by atoms with van der Waals surface area (Å²) in [6, 6.07) is 8.26. The molecule has 0 bridgehead atoms. The lowest BCUT2D eigenvalue weighted by atomic mass is 10.1. The maximum Gasteiger partial charge on any atom is 0.223 e. The third-order valence-electron chi connectivity index (χ3n) is 2.57. The molecule has 0 fully saturated rings. The predicted molar refractivity (Wildman–Crippen MR) is 77.3 cm³/mol. The van der Waals surface area contributed by atoms with Crippen LogP contribution in [0.25, 0.3) is 0 Å². The number of benzene rings is 1. The van der Waals surface area contributed by atoms with Gasteiger partial charge in [0.1, 0.15) is 0 Å². The molecule has 98 valence electrons. The molecule has 0 saturated heterocycles. The third kappa shape index (κ3) is 5.05. The highest BCUT2D eigenvalue weighted by molar-refractivity contribution is 5.78. The van der Waals surface area contributed by atoms with Crippen LogP contribution in [0.1, 0.15) is 39.7 Å². The van der Waals surface area contributed by atoms with Crippen molar-refractivity contribution in [3.63, 3.8) is 0 Å². The summed E-state index contributed by atoms with van der Waals surface area (Å²) in [4.78, 5) is 11.3. The topological polar surface area (TPSA) is 29.1 Å². The lowest BCUT2D eigenvalue weighted by Gasteiger charge is -2.02. The highest BCUT2D eigenvalue weighted by atomic mass is 16.1. The number of carbonyl (C=O) groups excluding carboxylic acids is 1. The van der Waals surface area contributed by atoms with Gasteiger partial charge in [-0.1, -0.05) is 51.2 Å². The summed E-state index contributed by atoms with van der Waals surface area (Å²) in [5, 5.41) is 2.78. The Morgan fingerprint density at radius 3 is 2.89 bits per heavy atom. The smallest absolute Gasteiger partial charge is 0.223 e. The molecule has 0 saturated carbocycles. The van der Waals surface area contributed by atoms with Crippen LogP contribution in [-0.4, -0.2) is 12.5 Å². The van der Waals surface area contributed by atoms with Crippen molar-refractivity contribution in [2.75, 3.05) is 6.54 Å². The first kappa shape index (κ1) is 14.3. The number of rotatable bonds is 4. The monoisotopic (exact) mass is 245 g/mol. The third-order valence-corrected chi connectivity index (χ3v) is 2.57. The quantitative estimate of drug-likeness (QED) is 0.812. The van der Waals surface area contributed by atoms with Crippen LogP contribution < -0.4 is 5.32 Å². The van der Waals surface area contributed by atoms with Gasteiger partial charge in [-0.05, 0) is 24.1 Å². The van der Waals surface area contributed by atoms with Crippen LogP contribution in [0, 0.1) is 17.8 Å². The number of carbonyl (C=O) groups is 1. The van der Waals surface area contributed by atoms with Crippen molar-refractivity contribution in [3.05, 3.63) is 35.4 Å². The second kappa shape index (κ2) is 7.55. The van der Waals surface area contributed by atoms with Gasteiger partial charge in [-0.2, -0.15) is 0 Å². The number of hydrogen-bond donors (Lipinski definition) is 1. The van der Waals surface area contributed by atoms with Crippen molar-refractivity contribution >= 4 is 5.91 Å². The average molecular weight is 245 g/mol. The molecule has 0 atom stereocenters. The molecule has 0 unspecified atom stereocenters. The van der Waals surface area contributed by atoms with E-state index in [1.54, 1.807) is 0 Å². The number of aryl methyl sites for hydroxylation is 1. The summed E-state index contributed by atoms with van der Waals surface area (Å²) in [6.07, 6.45) is 2.22. The normalized spacial score (nSPS) is 9.78. The van der Waals surface area contributed by atoms with Gasteiger partial charge in [-0.25, -0.2) is 0 Å². The molecular formula is C16H23NO. The molecule has 0 aliphatic carbocycles. The fourth-order valence-electron chi connectivity index (χ4n) is 1.57. The summed E-state index contributed by atoms with van der Waals surface area (Å²) in [5.41, 5.74) is 2.33. The van der Waals surface area contributed by atoms with Crippen LogP contribution in [-0.2, 0) is 11.2 Å². The molecule has 0 spiro atoms. The van der Waals surface area contributed by atoms with Crippen LogP contribution in [0.4, 0.5) is 0 Å². The fourth-order valence-corrected chi connectivity index (χ4v) is 1.57. The Labute approximate surface area is 111 Å². The summed E-state index contributed by atoms with van der Waals surface area (Å²) < 4.78 is 0. The van der Waals surface area contributed by atoms with Crippen LogP contribution in [0.5, 0.6) is 0 Å². The molecule has 0 aromatic heterocycles. The molecule has 1 aromatic rings. The fraction of sp³-hybridized carbons (Fsp3) is 0.438. The Morgan fingerprint density at radius 1 is 1.44 bits per heavy atom. The highest BCUT2D eigenvalue weighted by Gasteiger charge is 2.03. The molecule has 0 heterocycles. The number of amides is 1. The second-order valence-electron chi connectivity index (χ2n) is 4.62. The molecule has 1 N–H and O–H groups in total. The zero-order chi connectivity index (χ0) is 13.4. The van der Waals surface area contributed by atoms with Crippen LogP contribution >= 0.6 is 0 Å². The Morgan fingerprint density at radius 2 is 2.22 bits per heavy atom. The van der Waals surface area contributed by atoms with Crippen molar-refractivity contribution < 1.29 is 6.22 Å². The molecule has 0 aliphatic heterocycles. The van der Waals surface area contributed by atoms with Gasteiger partial charge in [0, 0.05) is 12.9 Å². The minimum absolute atomic E-state index is 0. The molecule has 1 rings (SSSR count). The van der Waals surface area contributed by atoms with Crippen LogP contribution in [0.2, 0.25) is 0 Å². The van der Waals surface area contributed by atoms with E-state index in [-0.39, 0.29) is 13.3 Å². The molecule has 18 heavy (non-hydrogen) atoms. The molecule has 1 aromatic carbocycles. The predicted octanol–water partition coefficient (Wildman–Crippen LogP) is 3.01. The van der Waals surface area contributed by atoms with Crippen LogP contribution in [0.15, 0.2) is 24.3 Å². The van der Waals surface area contributed by atoms with E-state index < -0.39 is 0 Å². The Hall–Kier alpha value is -1.75. The first-order valence-electron chi connectivity index (χ1n) is 6.49. The van der Waals surface area contributed by atoms with Gasteiger partial charge in [0.15, 0.2) is 0 Å². The van der Waals surface area contributed by atoms with E-state index in [4.69, 9.17) is 0 Å². The first-order chi connectivity index (χ1) is 8.63. The van der Waals surface area contributed by atoms with Gasteiger partial charge in [-0.15, -0.1) is 0 Å². The van der Waals surface area contributed by atoms with E-state index in [2.05, 4.69) is 36.2 Å². The van der Waals surface area contributed by atoms with Gasteiger partial charge in [0.2, 0.25) is 5.91 Å². The Balaban J connectivity index is 0.00000324. The molecule has 2 heteroatoms. The second-order valence-corrected chi connectivity index (χ2v) is 4.62. The minimum Gasteiger partial charge on any atom is -0.345 e. The molecule has 2 nitrogen and oxygen atoms in total. The van der Waals surface area contributed by atoms with Crippen molar-refractivity contribution in [1.29, 1.82) is 0 Å². The SMILES string of the molecule is CCCc1cccc(C#CCNC(=O)C(C)C)c1.[HH]. The van der Waals surface area contributed by atoms with Crippen molar-refractivity contribution in [2.45, 2.75) is 33.6 Å². The number of hydrogen-bond acceptors (Lipinski definition) is 1. The summed E-state index contributed by atoms with van der Waals surface area (Å²) in [5.74, 6) is 6.11. The lowest BCUT2D eigenvalue weighted by Crippen LogP contribution is -2.27. The van der Waals surface area contributed by atoms with E-state index in [1.165, 1.54) is 5.56 Å².